The Morgan fingerprint density at radius 1 is 1.14 bits per heavy atom. The van der Waals surface area contributed by atoms with Crippen LogP contribution in [0.1, 0.15) is 12.8 Å². The van der Waals surface area contributed by atoms with Crippen LogP contribution < -0.4 is 10.1 Å². The second-order valence-corrected chi connectivity index (χ2v) is 7.81. The molecule has 1 spiro atoms. The number of hydrogen-bond acceptors (Lipinski definition) is 4. The lowest BCUT2D eigenvalue weighted by atomic mass is 9.74. The highest BCUT2D eigenvalue weighted by Crippen LogP contribution is 2.41. The fraction of sp³-hybridized carbons (Fsp3) is 0.571. The van der Waals surface area contributed by atoms with Gasteiger partial charge in [0.2, 0.25) is 10.0 Å². The van der Waals surface area contributed by atoms with Crippen molar-refractivity contribution in [1.82, 2.24) is 9.62 Å². The molecular formula is C14H18F2N2O3S. The van der Waals surface area contributed by atoms with Gasteiger partial charge >= 0.3 is 6.61 Å². The summed E-state index contributed by atoms with van der Waals surface area (Å²) in [7, 11) is -3.55. The second-order valence-electron chi connectivity index (χ2n) is 5.87. The Kier molecular flexibility index (Phi) is 4.09. The van der Waals surface area contributed by atoms with Gasteiger partial charge in [-0.05, 0) is 50.2 Å². The predicted octanol–water partition coefficient (Wildman–Crippen LogP) is 1.66. The largest absolute Gasteiger partial charge is 0.435 e. The van der Waals surface area contributed by atoms with Crippen molar-refractivity contribution in [3.8, 4) is 5.75 Å². The summed E-state index contributed by atoms with van der Waals surface area (Å²) >= 11 is 0. The topological polar surface area (TPSA) is 58.6 Å². The van der Waals surface area contributed by atoms with Crippen LogP contribution in [0.15, 0.2) is 29.2 Å². The fourth-order valence-electron chi connectivity index (χ4n) is 3.09. The molecule has 0 aliphatic carbocycles. The highest BCUT2D eigenvalue weighted by atomic mass is 32.2. The molecule has 2 aliphatic heterocycles. The average molecular weight is 332 g/mol. The van der Waals surface area contributed by atoms with Crippen LogP contribution in [-0.2, 0) is 10.0 Å². The van der Waals surface area contributed by atoms with Crippen LogP contribution in [0.25, 0.3) is 0 Å². The fourth-order valence-corrected chi connectivity index (χ4v) is 4.75. The first-order chi connectivity index (χ1) is 10.4. The molecule has 3 rings (SSSR count). The number of alkyl halides is 2. The minimum atomic E-state index is -3.55. The number of nitrogens with one attached hydrogen (secondary N) is 1. The third-order valence-corrected chi connectivity index (χ3v) is 6.18. The van der Waals surface area contributed by atoms with E-state index in [0.717, 1.165) is 25.9 Å². The van der Waals surface area contributed by atoms with E-state index in [1.54, 1.807) is 0 Å². The molecule has 0 unspecified atom stereocenters. The summed E-state index contributed by atoms with van der Waals surface area (Å²) in [4.78, 5) is 0.109. The third kappa shape index (κ3) is 2.95. The summed E-state index contributed by atoms with van der Waals surface area (Å²) in [5, 5.41) is 3.27. The predicted molar refractivity (Wildman–Crippen MR) is 76.4 cm³/mol. The molecule has 0 atom stereocenters. The van der Waals surface area contributed by atoms with Gasteiger partial charge in [0, 0.05) is 18.5 Å². The van der Waals surface area contributed by atoms with Crippen molar-refractivity contribution in [1.29, 1.82) is 0 Å². The van der Waals surface area contributed by atoms with Gasteiger partial charge in [-0.25, -0.2) is 8.42 Å². The van der Waals surface area contributed by atoms with E-state index in [4.69, 9.17) is 0 Å². The number of rotatable bonds is 4. The molecule has 122 valence electrons. The Balaban J connectivity index is 1.68. The highest BCUT2D eigenvalue weighted by Gasteiger charge is 2.48. The summed E-state index contributed by atoms with van der Waals surface area (Å²) in [5.41, 5.74) is 0.108. The molecule has 0 bridgehead atoms. The third-order valence-electron chi connectivity index (χ3n) is 4.37. The maximum atomic E-state index is 12.5. The lowest BCUT2D eigenvalue weighted by Crippen LogP contribution is -2.61. The Hall–Kier alpha value is -1.25. The van der Waals surface area contributed by atoms with Gasteiger partial charge < -0.3 is 10.1 Å². The summed E-state index contributed by atoms with van der Waals surface area (Å²) in [6.45, 7) is -0.00251. The normalized spacial score (nSPS) is 21.8. The molecule has 0 amide bonds. The summed E-state index contributed by atoms with van der Waals surface area (Å²) < 4.78 is 54.9. The molecule has 22 heavy (non-hydrogen) atoms. The van der Waals surface area contributed by atoms with Crippen LogP contribution in [0.2, 0.25) is 0 Å². The monoisotopic (exact) mass is 332 g/mol. The number of nitrogens with zero attached hydrogens (tertiary/aromatic N) is 1. The Labute approximate surface area is 128 Å². The Morgan fingerprint density at radius 3 is 2.27 bits per heavy atom. The van der Waals surface area contributed by atoms with E-state index in [1.807, 2.05) is 0 Å². The molecule has 1 aromatic rings. The van der Waals surface area contributed by atoms with E-state index in [9.17, 15) is 17.2 Å². The van der Waals surface area contributed by atoms with E-state index in [1.165, 1.54) is 28.6 Å². The van der Waals surface area contributed by atoms with Crippen molar-refractivity contribution < 1.29 is 21.9 Å². The van der Waals surface area contributed by atoms with Crippen molar-refractivity contribution in [3.63, 3.8) is 0 Å². The first kappa shape index (κ1) is 15.6. The van der Waals surface area contributed by atoms with Gasteiger partial charge in [0.15, 0.2) is 0 Å². The zero-order valence-electron chi connectivity index (χ0n) is 12.0. The number of halogens is 2. The molecule has 5 nitrogen and oxygen atoms in total. The second kappa shape index (κ2) is 5.75. The molecule has 0 aromatic heterocycles. The van der Waals surface area contributed by atoms with Crippen molar-refractivity contribution >= 4 is 10.0 Å². The zero-order valence-corrected chi connectivity index (χ0v) is 12.8. The number of piperidine rings is 1. The molecular weight excluding hydrogens is 314 g/mol. The van der Waals surface area contributed by atoms with Crippen LogP contribution in [-0.4, -0.2) is 45.5 Å². The standard InChI is InChI=1S/C14H18F2N2O3S/c15-13(16)21-11-1-3-12(4-2-11)22(19,20)18-9-14(10-18)5-7-17-8-6-14/h1-4,13,17H,5-10H2. The maximum absolute atomic E-state index is 12.5. The molecule has 2 fully saturated rings. The van der Waals surface area contributed by atoms with Crippen molar-refractivity contribution in [2.75, 3.05) is 26.2 Å². The van der Waals surface area contributed by atoms with Crippen LogP contribution >= 0.6 is 0 Å². The SMILES string of the molecule is O=S(=O)(c1ccc(OC(F)F)cc1)N1CC2(CCNCC2)C1. The van der Waals surface area contributed by atoms with E-state index in [-0.39, 0.29) is 16.1 Å². The molecule has 2 saturated heterocycles. The Morgan fingerprint density at radius 2 is 1.73 bits per heavy atom. The van der Waals surface area contributed by atoms with Gasteiger partial charge in [-0.15, -0.1) is 0 Å². The number of benzene rings is 1. The van der Waals surface area contributed by atoms with Gasteiger partial charge in [-0.3, -0.25) is 0 Å². The van der Waals surface area contributed by atoms with Crippen LogP contribution in [0.5, 0.6) is 5.75 Å². The van der Waals surface area contributed by atoms with E-state index in [2.05, 4.69) is 10.1 Å². The molecule has 1 N–H and O–H groups in total. The van der Waals surface area contributed by atoms with Gasteiger partial charge in [0.05, 0.1) is 4.90 Å². The first-order valence-corrected chi connectivity index (χ1v) is 8.61. The van der Waals surface area contributed by atoms with Crippen molar-refractivity contribution in [2.24, 2.45) is 5.41 Å². The zero-order chi connectivity index (χ0) is 15.8. The maximum Gasteiger partial charge on any atom is 0.387 e. The molecule has 0 radical (unpaired) electrons. The lowest BCUT2D eigenvalue weighted by Gasteiger charge is -2.51. The van der Waals surface area contributed by atoms with Gasteiger partial charge in [-0.2, -0.15) is 13.1 Å². The molecule has 2 heterocycles. The smallest absolute Gasteiger partial charge is 0.387 e. The van der Waals surface area contributed by atoms with Crippen LogP contribution in [0.4, 0.5) is 8.78 Å². The van der Waals surface area contributed by atoms with Crippen LogP contribution in [0.3, 0.4) is 0 Å². The van der Waals surface area contributed by atoms with Gasteiger partial charge in [-0.1, -0.05) is 0 Å². The number of hydrogen-bond donors (Lipinski definition) is 1. The minimum Gasteiger partial charge on any atom is -0.435 e. The van der Waals surface area contributed by atoms with Crippen molar-refractivity contribution in [3.05, 3.63) is 24.3 Å². The molecule has 0 saturated carbocycles. The molecule has 2 aliphatic rings. The van der Waals surface area contributed by atoms with Crippen molar-refractivity contribution in [2.45, 2.75) is 24.3 Å². The van der Waals surface area contributed by atoms with E-state index in [0.29, 0.717) is 13.1 Å². The van der Waals surface area contributed by atoms with Gasteiger partial charge in [0.25, 0.3) is 0 Å². The highest BCUT2D eigenvalue weighted by molar-refractivity contribution is 7.89. The minimum absolute atomic E-state index is 0.0487. The molecule has 8 heteroatoms. The summed E-state index contributed by atoms with van der Waals surface area (Å²) in [5.74, 6) is -0.0487. The summed E-state index contributed by atoms with van der Waals surface area (Å²) in [6.07, 6.45) is 1.97. The van der Waals surface area contributed by atoms with E-state index >= 15 is 0 Å². The van der Waals surface area contributed by atoms with E-state index < -0.39 is 16.6 Å². The number of ether oxygens (including phenoxy) is 1. The lowest BCUT2D eigenvalue weighted by molar-refractivity contribution is -0.0498. The quantitative estimate of drug-likeness (QED) is 0.911. The number of sulfonamides is 1. The summed E-state index contributed by atoms with van der Waals surface area (Å²) in [6, 6.07) is 5.11. The average Bonchev–Trinajstić information content (AvgIpc) is 2.45. The molecule has 1 aromatic carbocycles. The Bertz CT molecular complexity index is 620. The first-order valence-electron chi connectivity index (χ1n) is 7.17. The van der Waals surface area contributed by atoms with Crippen LogP contribution in [0, 0.1) is 5.41 Å². The van der Waals surface area contributed by atoms with Gasteiger partial charge in [0.1, 0.15) is 5.75 Å².